The predicted octanol–water partition coefficient (Wildman–Crippen LogP) is 1.45. The zero-order valence-corrected chi connectivity index (χ0v) is 10.1. The van der Waals surface area contributed by atoms with Gasteiger partial charge in [-0.25, -0.2) is 0 Å². The van der Waals surface area contributed by atoms with Crippen LogP contribution in [0.1, 0.15) is 42.8 Å². The lowest BCUT2D eigenvalue weighted by Crippen LogP contribution is -2.48. The van der Waals surface area contributed by atoms with Crippen LogP contribution in [0.3, 0.4) is 0 Å². The molecule has 2 rings (SSSR count). The number of benzene rings is 1. The topological polar surface area (TPSA) is 66.8 Å². The van der Waals surface area contributed by atoms with Crippen LogP contribution in [0.2, 0.25) is 0 Å². The van der Waals surface area contributed by atoms with Crippen molar-refractivity contribution < 1.29 is 19.7 Å². The summed E-state index contributed by atoms with van der Waals surface area (Å²) < 4.78 is 5.62. The summed E-state index contributed by atoms with van der Waals surface area (Å²) in [5.41, 5.74) is 0.118. The van der Waals surface area contributed by atoms with Crippen LogP contribution in [-0.4, -0.2) is 27.7 Å². The molecule has 0 aromatic heterocycles. The molecule has 0 aliphatic carbocycles. The molecule has 0 fully saturated rings. The fourth-order valence-electron chi connectivity index (χ4n) is 1.99. The Hall–Kier alpha value is -1.39. The number of ether oxygens (including phenoxy) is 1. The van der Waals surface area contributed by atoms with Gasteiger partial charge in [0.05, 0.1) is 0 Å². The van der Waals surface area contributed by atoms with E-state index >= 15 is 0 Å². The first-order valence-corrected chi connectivity index (χ1v) is 5.53. The first kappa shape index (κ1) is 12.1. The molecule has 0 bridgehead atoms. The van der Waals surface area contributed by atoms with Crippen molar-refractivity contribution in [1.29, 1.82) is 0 Å². The maximum absolute atomic E-state index is 11.3. The maximum Gasteiger partial charge on any atom is 0.159 e. The Balaban J connectivity index is 2.50. The Bertz CT molecular complexity index is 464. The molecule has 1 aromatic carbocycles. The van der Waals surface area contributed by atoms with Crippen molar-refractivity contribution in [2.45, 2.75) is 38.6 Å². The van der Waals surface area contributed by atoms with E-state index in [-0.39, 0.29) is 5.78 Å². The van der Waals surface area contributed by atoms with Gasteiger partial charge in [-0.05, 0) is 39.0 Å². The number of ketones is 1. The molecule has 4 heteroatoms. The van der Waals surface area contributed by atoms with E-state index in [1.807, 2.05) is 0 Å². The minimum atomic E-state index is -1.03. The molecule has 1 aromatic rings. The highest BCUT2D eigenvalue weighted by Gasteiger charge is 2.42. The first-order chi connectivity index (χ1) is 7.83. The summed E-state index contributed by atoms with van der Waals surface area (Å²) in [6.45, 7) is 4.88. The van der Waals surface area contributed by atoms with Crippen LogP contribution < -0.4 is 4.74 Å². The van der Waals surface area contributed by atoms with Crippen LogP contribution in [0.4, 0.5) is 0 Å². The van der Waals surface area contributed by atoms with E-state index in [0.29, 0.717) is 16.9 Å². The maximum atomic E-state index is 11.3. The second-order valence-corrected chi connectivity index (χ2v) is 4.90. The molecule has 4 nitrogen and oxygen atoms in total. The van der Waals surface area contributed by atoms with Crippen molar-refractivity contribution in [3.05, 3.63) is 29.3 Å². The summed E-state index contributed by atoms with van der Waals surface area (Å²) in [5.74, 6) is 0.428. The molecular weight excluding hydrogens is 220 g/mol. The summed E-state index contributed by atoms with van der Waals surface area (Å²) in [6, 6.07) is 4.88. The van der Waals surface area contributed by atoms with Crippen molar-refractivity contribution in [1.82, 2.24) is 0 Å². The van der Waals surface area contributed by atoms with E-state index in [9.17, 15) is 15.0 Å². The highest BCUT2D eigenvalue weighted by atomic mass is 16.5. The average molecular weight is 236 g/mol. The summed E-state index contributed by atoms with van der Waals surface area (Å²) >= 11 is 0. The second-order valence-electron chi connectivity index (χ2n) is 4.90. The smallest absolute Gasteiger partial charge is 0.159 e. The minimum Gasteiger partial charge on any atom is -0.485 e. The standard InChI is InChI=1S/C13H16O4/c1-7(14)8-4-5-10-9(6-8)11(15)12(16)13(2,3)17-10/h4-6,11-12,15-16H,1-3H3/t11-,12+/m1/s1. The van der Waals surface area contributed by atoms with Crippen LogP contribution in [0.5, 0.6) is 5.75 Å². The molecule has 0 unspecified atom stereocenters. The zero-order valence-electron chi connectivity index (χ0n) is 10.1. The van der Waals surface area contributed by atoms with Gasteiger partial charge in [0, 0.05) is 11.1 Å². The number of Topliss-reactive ketones (excluding diaryl/α,β-unsaturated/α-hetero) is 1. The quantitative estimate of drug-likeness (QED) is 0.724. The van der Waals surface area contributed by atoms with Gasteiger partial charge < -0.3 is 14.9 Å². The molecule has 17 heavy (non-hydrogen) atoms. The van der Waals surface area contributed by atoms with Gasteiger partial charge in [-0.2, -0.15) is 0 Å². The third kappa shape index (κ3) is 1.94. The van der Waals surface area contributed by atoms with E-state index < -0.39 is 17.8 Å². The highest BCUT2D eigenvalue weighted by molar-refractivity contribution is 5.94. The fourth-order valence-corrected chi connectivity index (χ4v) is 1.99. The molecule has 92 valence electrons. The van der Waals surface area contributed by atoms with Crippen molar-refractivity contribution in [3.8, 4) is 5.75 Å². The molecule has 2 N–H and O–H groups in total. The summed E-state index contributed by atoms with van der Waals surface area (Å²) in [5, 5.41) is 20.0. The van der Waals surface area contributed by atoms with E-state index in [4.69, 9.17) is 4.74 Å². The molecule has 0 radical (unpaired) electrons. The van der Waals surface area contributed by atoms with Crippen LogP contribution in [0.25, 0.3) is 0 Å². The van der Waals surface area contributed by atoms with Gasteiger partial charge in [-0.3, -0.25) is 4.79 Å². The lowest BCUT2D eigenvalue weighted by molar-refractivity contribution is -0.111. The van der Waals surface area contributed by atoms with Gasteiger partial charge in [0.15, 0.2) is 5.78 Å². The Kier molecular flexibility index (Phi) is 2.72. The van der Waals surface area contributed by atoms with Gasteiger partial charge in [-0.1, -0.05) is 0 Å². The number of carbonyl (C=O) groups excluding carboxylic acids is 1. The molecule has 0 amide bonds. The lowest BCUT2D eigenvalue weighted by Gasteiger charge is -2.40. The molecule has 2 atom stereocenters. The van der Waals surface area contributed by atoms with E-state index in [2.05, 4.69) is 0 Å². The van der Waals surface area contributed by atoms with Crippen LogP contribution in [0.15, 0.2) is 18.2 Å². The van der Waals surface area contributed by atoms with Crippen molar-refractivity contribution in [2.75, 3.05) is 0 Å². The number of carbonyl (C=O) groups is 1. The largest absolute Gasteiger partial charge is 0.485 e. The van der Waals surface area contributed by atoms with Crippen molar-refractivity contribution >= 4 is 5.78 Å². The SMILES string of the molecule is CC(=O)c1ccc2c(c1)[C@@H](O)[C@H](O)C(C)(C)O2. The monoisotopic (exact) mass is 236 g/mol. The number of hydrogen-bond acceptors (Lipinski definition) is 4. The minimum absolute atomic E-state index is 0.0840. The van der Waals surface area contributed by atoms with Gasteiger partial charge in [0.2, 0.25) is 0 Å². The molecule has 1 aliphatic rings. The van der Waals surface area contributed by atoms with Crippen LogP contribution in [0, 0.1) is 0 Å². The summed E-state index contributed by atoms with van der Waals surface area (Å²) in [7, 11) is 0. The molecule has 0 saturated heterocycles. The van der Waals surface area contributed by atoms with Crippen LogP contribution >= 0.6 is 0 Å². The summed E-state index contributed by atoms with van der Waals surface area (Å²) in [6.07, 6.45) is -2.05. The molecule has 0 saturated carbocycles. The molecule has 1 aliphatic heterocycles. The zero-order chi connectivity index (χ0) is 12.8. The van der Waals surface area contributed by atoms with Crippen molar-refractivity contribution in [3.63, 3.8) is 0 Å². The second kappa shape index (κ2) is 3.82. The first-order valence-electron chi connectivity index (χ1n) is 5.53. The Morgan fingerprint density at radius 3 is 2.59 bits per heavy atom. The average Bonchev–Trinajstić information content (AvgIpc) is 2.25. The van der Waals surface area contributed by atoms with Gasteiger partial charge in [0.25, 0.3) is 0 Å². The molecule has 0 spiro atoms. The van der Waals surface area contributed by atoms with E-state index in [1.165, 1.54) is 6.92 Å². The number of hydrogen-bond donors (Lipinski definition) is 2. The third-order valence-electron chi connectivity index (χ3n) is 3.12. The summed E-state index contributed by atoms with van der Waals surface area (Å²) in [4.78, 5) is 11.3. The number of fused-ring (bicyclic) bond motifs is 1. The normalized spacial score (nSPS) is 25.9. The van der Waals surface area contributed by atoms with Crippen LogP contribution in [-0.2, 0) is 0 Å². The fraction of sp³-hybridized carbons (Fsp3) is 0.462. The molecular formula is C13H16O4. The Morgan fingerprint density at radius 2 is 2.00 bits per heavy atom. The molecule has 1 heterocycles. The highest BCUT2D eigenvalue weighted by Crippen LogP contribution is 2.40. The van der Waals surface area contributed by atoms with Gasteiger partial charge >= 0.3 is 0 Å². The van der Waals surface area contributed by atoms with Gasteiger partial charge in [-0.15, -0.1) is 0 Å². The third-order valence-corrected chi connectivity index (χ3v) is 3.12. The van der Waals surface area contributed by atoms with E-state index in [1.54, 1.807) is 32.0 Å². The number of aliphatic hydroxyl groups excluding tert-OH is 2. The van der Waals surface area contributed by atoms with Crippen molar-refractivity contribution in [2.24, 2.45) is 0 Å². The Morgan fingerprint density at radius 1 is 1.35 bits per heavy atom. The Labute approximate surface area is 99.8 Å². The lowest BCUT2D eigenvalue weighted by atomic mass is 9.87. The van der Waals surface area contributed by atoms with E-state index in [0.717, 1.165) is 0 Å². The van der Waals surface area contributed by atoms with Gasteiger partial charge in [0.1, 0.15) is 23.6 Å². The number of aliphatic hydroxyl groups is 2. The number of rotatable bonds is 1. The predicted molar refractivity (Wildman–Crippen MR) is 62.1 cm³/mol.